The van der Waals surface area contributed by atoms with Crippen molar-refractivity contribution in [2.75, 3.05) is 6.54 Å². The van der Waals surface area contributed by atoms with Gasteiger partial charge in [0.1, 0.15) is 5.78 Å². The summed E-state index contributed by atoms with van der Waals surface area (Å²) in [4.78, 5) is 13.7. The van der Waals surface area contributed by atoms with E-state index < -0.39 is 0 Å². The van der Waals surface area contributed by atoms with Crippen LogP contribution in [0.15, 0.2) is 35.5 Å². The van der Waals surface area contributed by atoms with Gasteiger partial charge in [-0.3, -0.25) is 4.79 Å². The number of hydrogen-bond donors (Lipinski definition) is 0. The first-order valence-corrected chi connectivity index (χ1v) is 5.48. The third-order valence-electron chi connectivity index (χ3n) is 2.17. The fourth-order valence-electron chi connectivity index (χ4n) is 1.49. The lowest BCUT2D eigenvalue weighted by atomic mass is 10.1. The molecule has 17 heavy (non-hydrogen) atoms. The molecule has 1 aromatic rings. The van der Waals surface area contributed by atoms with Crippen LogP contribution in [0.4, 0.5) is 0 Å². The Morgan fingerprint density at radius 1 is 1.53 bits per heavy atom. The average molecular weight is 229 g/mol. The smallest absolute Gasteiger partial charge is 0.134 e. The Balaban J connectivity index is 2.58. The number of nitrogens with zero attached hydrogens (tertiary/aromatic N) is 3. The maximum atomic E-state index is 11.0. The van der Waals surface area contributed by atoms with Crippen LogP contribution in [0, 0.1) is 0 Å². The second-order valence-corrected chi connectivity index (χ2v) is 3.77. The van der Waals surface area contributed by atoms with Gasteiger partial charge in [0, 0.05) is 17.9 Å². The van der Waals surface area contributed by atoms with Crippen LogP contribution >= 0.6 is 0 Å². The maximum Gasteiger partial charge on any atom is 0.134 e. The molecule has 0 N–H and O–H groups in total. The minimum Gasteiger partial charge on any atom is -0.300 e. The molecule has 0 saturated carbocycles. The Morgan fingerprint density at radius 3 is 3.06 bits per heavy atom. The van der Waals surface area contributed by atoms with E-state index >= 15 is 0 Å². The van der Waals surface area contributed by atoms with Crippen molar-refractivity contribution >= 4 is 11.9 Å². The molecule has 0 atom stereocenters. The van der Waals surface area contributed by atoms with Gasteiger partial charge in [-0.05, 0) is 30.0 Å². The molecule has 0 radical (unpaired) electrons. The van der Waals surface area contributed by atoms with Gasteiger partial charge in [-0.15, -0.1) is 0 Å². The van der Waals surface area contributed by atoms with Crippen molar-refractivity contribution in [3.8, 4) is 0 Å². The number of carbonyl (C=O) groups excluding carboxylic acids is 1. The van der Waals surface area contributed by atoms with Crippen molar-refractivity contribution < 1.29 is 4.79 Å². The van der Waals surface area contributed by atoms with Crippen LogP contribution in [0.25, 0.3) is 16.5 Å². The van der Waals surface area contributed by atoms with Gasteiger partial charge in [-0.25, -0.2) is 0 Å². The third-order valence-corrected chi connectivity index (χ3v) is 2.17. The van der Waals surface area contributed by atoms with E-state index in [9.17, 15) is 4.79 Å². The summed E-state index contributed by atoms with van der Waals surface area (Å²) in [7, 11) is 0. The normalized spacial score (nSPS) is 10.2. The van der Waals surface area contributed by atoms with Crippen LogP contribution in [-0.2, 0) is 11.2 Å². The van der Waals surface area contributed by atoms with Gasteiger partial charge in [-0.1, -0.05) is 41.5 Å². The summed E-state index contributed by atoms with van der Waals surface area (Å²) >= 11 is 0. The molecule has 0 heterocycles. The Kier molecular flexibility index (Phi) is 5.55. The van der Waals surface area contributed by atoms with E-state index in [1.165, 1.54) is 0 Å². The molecule has 0 aliphatic carbocycles. The van der Waals surface area contributed by atoms with Crippen molar-refractivity contribution in [1.82, 2.24) is 0 Å². The van der Waals surface area contributed by atoms with E-state index in [1.54, 1.807) is 6.92 Å². The Labute approximate surface area is 101 Å². The van der Waals surface area contributed by atoms with Crippen LogP contribution in [0.3, 0.4) is 0 Å². The Bertz CT molecular complexity index is 459. The molecule has 4 heteroatoms. The summed E-state index contributed by atoms with van der Waals surface area (Å²) < 4.78 is 0. The number of carbonyl (C=O) groups is 1. The lowest BCUT2D eigenvalue weighted by Crippen LogP contribution is -1.95. The fourth-order valence-corrected chi connectivity index (χ4v) is 1.49. The van der Waals surface area contributed by atoms with Crippen molar-refractivity contribution in [2.45, 2.75) is 19.8 Å². The standard InChI is InChI=1S/C13H15N3O/c1-11(17)9-13-7-4-6-12(10-13)5-2-3-8-15-16-14/h2,4-7,10H,3,8-9H2,1H3. The van der Waals surface area contributed by atoms with E-state index in [1.807, 2.05) is 36.4 Å². The molecule has 4 nitrogen and oxygen atoms in total. The number of ketones is 1. The Morgan fingerprint density at radius 2 is 2.35 bits per heavy atom. The first-order chi connectivity index (χ1) is 8.22. The number of Topliss-reactive ketones (excluding diaryl/α,β-unsaturated/α-hetero) is 1. The van der Waals surface area contributed by atoms with Crippen molar-refractivity contribution in [3.05, 3.63) is 51.9 Å². The second-order valence-electron chi connectivity index (χ2n) is 3.77. The van der Waals surface area contributed by atoms with Gasteiger partial charge in [0.15, 0.2) is 0 Å². The average Bonchev–Trinajstić information content (AvgIpc) is 2.28. The molecule has 0 fully saturated rings. The fraction of sp³-hybridized carbons (Fsp3) is 0.308. The summed E-state index contributed by atoms with van der Waals surface area (Å²) in [5.74, 6) is 0.162. The van der Waals surface area contributed by atoms with Gasteiger partial charge in [0.2, 0.25) is 0 Å². The number of rotatable bonds is 6. The largest absolute Gasteiger partial charge is 0.300 e. The minimum atomic E-state index is 0.162. The van der Waals surface area contributed by atoms with E-state index in [2.05, 4.69) is 10.0 Å². The number of hydrogen-bond acceptors (Lipinski definition) is 2. The van der Waals surface area contributed by atoms with Crippen molar-refractivity contribution in [1.29, 1.82) is 0 Å². The molecule has 88 valence electrons. The first-order valence-electron chi connectivity index (χ1n) is 5.48. The summed E-state index contributed by atoms with van der Waals surface area (Å²) in [6.45, 7) is 2.06. The maximum absolute atomic E-state index is 11.0. The van der Waals surface area contributed by atoms with Crippen LogP contribution in [-0.4, -0.2) is 12.3 Å². The molecule has 0 unspecified atom stereocenters. The van der Waals surface area contributed by atoms with Gasteiger partial charge in [0.05, 0.1) is 0 Å². The SMILES string of the molecule is CC(=O)Cc1cccc(C=CCCN=[N+]=[N-])c1. The molecular weight excluding hydrogens is 214 g/mol. The highest BCUT2D eigenvalue weighted by atomic mass is 16.1. The zero-order valence-electron chi connectivity index (χ0n) is 9.84. The molecule has 0 aliphatic heterocycles. The number of azide groups is 1. The van der Waals surface area contributed by atoms with Crippen molar-refractivity contribution in [3.63, 3.8) is 0 Å². The minimum absolute atomic E-state index is 0.162. The highest BCUT2D eigenvalue weighted by Crippen LogP contribution is 2.08. The van der Waals surface area contributed by atoms with E-state index in [0.29, 0.717) is 13.0 Å². The molecule has 0 bridgehead atoms. The van der Waals surface area contributed by atoms with Crippen LogP contribution in [0.5, 0.6) is 0 Å². The molecule has 0 amide bonds. The number of benzene rings is 1. The van der Waals surface area contributed by atoms with E-state index in [4.69, 9.17) is 5.53 Å². The second kappa shape index (κ2) is 7.25. The first kappa shape index (κ1) is 13.0. The van der Waals surface area contributed by atoms with Crippen LogP contribution < -0.4 is 0 Å². The van der Waals surface area contributed by atoms with E-state index in [0.717, 1.165) is 17.5 Å². The Hall–Kier alpha value is -2.06. The zero-order valence-corrected chi connectivity index (χ0v) is 9.84. The molecule has 0 aliphatic rings. The molecule has 0 saturated heterocycles. The van der Waals surface area contributed by atoms with Gasteiger partial charge < -0.3 is 0 Å². The predicted octanol–water partition coefficient (Wildman–Crippen LogP) is 3.53. The van der Waals surface area contributed by atoms with Crippen molar-refractivity contribution in [2.24, 2.45) is 5.11 Å². The van der Waals surface area contributed by atoms with Gasteiger partial charge in [0.25, 0.3) is 0 Å². The molecule has 0 spiro atoms. The highest BCUT2D eigenvalue weighted by Gasteiger charge is 1.97. The quantitative estimate of drug-likeness (QED) is 0.318. The molecular formula is C13H15N3O. The monoisotopic (exact) mass is 229 g/mol. The molecule has 0 aromatic heterocycles. The molecule has 1 aromatic carbocycles. The third kappa shape index (κ3) is 5.54. The lowest BCUT2D eigenvalue weighted by Gasteiger charge is -1.99. The zero-order chi connectivity index (χ0) is 12.5. The van der Waals surface area contributed by atoms with Gasteiger partial charge in [-0.2, -0.15) is 0 Å². The predicted molar refractivity (Wildman–Crippen MR) is 68.5 cm³/mol. The highest BCUT2D eigenvalue weighted by molar-refractivity contribution is 5.78. The summed E-state index contributed by atoms with van der Waals surface area (Å²) in [5, 5.41) is 3.44. The lowest BCUT2D eigenvalue weighted by molar-refractivity contribution is -0.116. The summed E-state index contributed by atoms with van der Waals surface area (Å²) in [6.07, 6.45) is 5.12. The van der Waals surface area contributed by atoms with Crippen LogP contribution in [0.1, 0.15) is 24.5 Å². The van der Waals surface area contributed by atoms with Crippen LogP contribution in [0.2, 0.25) is 0 Å². The summed E-state index contributed by atoms with van der Waals surface area (Å²) in [5.41, 5.74) is 10.2. The topological polar surface area (TPSA) is 65.8 Å². The molecule has 1 rings (SSSR count). The summed E-state index contributed by atoms with van der Waals surface area (Å²) in [6, 6.07) is 7.85. The van der Waals surface area contributed by atoms with Gasteiger partial charge >= 0.3 is 0 Å². The van der Waals surface area contributed by atoms with E-state index in [-0.39, 0.29) is 5.78 Å².